The van der Waals surface area contributed by atoms with E-state index in [1.807, 2.05) is 0 Å². The fourth-order valence-electron chi connectivity index (χ4n) is 0.783. The number of thioether (sulfide) groups is 1. The van der Waals surface area contributed by atoms with Crippen LogP contribution in [-0.2, 0) is 0 Å². The maximum Gasteiger partial charge on any atom is 0.159 e. The van der Waals surface area contributed by atoms with Gasteiger partial charge in [-0.05, 0) is 25.1 Å². The predicted octanol–water partition coefficient (Wildman–Crippen LogP) is 2.44. The number of aliphatic hydroxyl groups is 1. The number of rotatable bonds is 3. The summed E-state index contributed by atoms with van der Waals surface area (Å²) in [6, 6.07) is 3.70. The van der Waals surface area contributed by atoms with Gasteiger partial charge in [0.1, 0.15) is 0 Å². The average Bonchev–Trinajstić information content (AvgIpc) is 2.07. The van der Waals surface area contributed by atoms with Crippen LogP contribution in [-0.4, -0.2) is 17.0 Å². The molecule has 0 aliphatic heterocycles. The van der Waals surface area contributed by atoms with Gasteiger partial charge in [-0.3, -0.25) is 0 Å². The monoisotopic (exact) mass is 204 g/mol. The molecule has 0 saturated heterocycles. The van der Waals surface area contributed by atoms with Gasteiger partial charge < -0.3 is 5.11 Å². The molecule has 4 heteroatoms. The van der Waals surface area contributed by atoms with Gasteiger partial charge in [0.05, 0.1) is 6.10 Å². The van der Waals surface area contributed by atoms with Crippen molar-refractivity contribution in [3.63, 3.8) is 0 Å². The maximum absolute atomic E-state index is 12.7. The Bertz CT molecular complexity index is 289. The number of hydrogen-bond donors (Lipinski definition) is 1. The molecule has 1 atom stereocenters. The van der Waals surface area contributed by atoms with Gasteiger partial charge in [0, 0.05) is 10.6 Å². The Hall–Kier alpha value is -0.610. The second-order valence-corrected chi connectivity index (χ2v) is 3.83. The number of halogens is 2. The van der Waals surface area contributed by atoms with Crippen molar-refractivity contribution in [3.8, 4) is 0 Å². The molecule has 0 unspecified atom stereocenters. The van der Waals surface area contributed by atoms with E-state index in [0.29, 0.717) is 10.6 Å². The summed E-state index contributed by atoms with van der Waals surface area (Å²) < 4.78 is 25.1. The van der Waals surface area contributed by atoms with Gasteiger partial charge in [-0.1, -0.05) is 0 Å². The van der Waals surface area contributed by atoms with Crippen LogP contribution >= 0.6 is 11.8 Å². The van der Waals surface area contributed by atoms with Crippen LogP contribution in [0, 0.1) is 11.6 Å². The van der Waals surface area contributed by atoms with Crippen LogP contribution in [0.3, 0.4) is 0 Å². The first-order valence-electron chi connectivity index (χ1n) is 3.85. The lowest BCUT2D eigenvalue weighted by molar-refractivity contribution is 0.220. The summed E-state index contributed by atoms with van der Waals surface area (Å²) in [4.78, 5) is 0.625. The Kier molecular flexibility index (Phi) is 3.69. The van der Waals surface area contributed by atoms with Crippen molar-refractivity contribution in [2.24, 2.45) is 0 Å². The van der Waals surface area contributed by atoms with Crippen molar-refractivity contribution in [3.05, 3.63) is 29.8 Å². The summed E-state index contributed by atoms with van der Waals surface area (Å²) in [5.74, 6) is -1.22. The smallest absolute Gasteiger partial charge is 0.159 e. The van der Waals surface area contributed by atoms with E-state index in [4.69, 9.17) is 5.11 Å². The molecule has 0 saturated carbocycles. The number of aliphatic hydroxyl groups excluding tert-OH is 1. The minimum Gasteiger partial charge on any atom is -0.393 e. The molecule has 0 spiro atoms. The van der Waals surface area contributed by atoms with Crippen molar-refractivity contribution >= 4 is 11.8 Å². The second kappa shape index (κ2) is 4.58. The highest BCUT2D eigenvalue weighted by Crippen LogP contribution is 2.20. The van der Waals surface area contributed by atoms with E-state index in [9.17, 15) is 8.78 Å². The molecule has 72 valence electrons. The SMILES string of the molecule is C[C@H](O)CSc1ccc(F)c(F)c1. The molecule has 1 nitrogen and oxygen atoms in total. The van der Waals surface area contributed by atoms with Crippen LogP contribution in [0.25, 0.3) is 0 Å². The van der Waals surface area contributed by atoms with Crippen LogP contribution in [0.2, 0.25) is 0 Å². The molecule has 0 fully saturated rings. The second-order valence-electron chi connectivity index (χ2n) is 2.74. The van der Waals surface area contributed by atoms with Gasteiger partial charge in [-0.15, -0.1) is 11.8 Å². The maximum atomic E-state index is 12.7. The third-order valence-electron chi connectivity index (χ3n) is 1.38. The standard InChI is InChI=1S/C9H10F2OS/c1-6(12)5-13-7-2-3-8(10)9(11)4-7/h2-4,6,12H,5H2,1H3/t6-/m0/s1. The predicted molar refractivity (Wildman–Crippen MR) is 48.8 cm³/mol. The van der Waals surface area contributed by atoms with E-state index in [1.165, 1.54) is 17.8 Å². The van der Waals surface area contributed by atoms with Gasteiger partial charge in [-0.25, -0.2) is 8.78 Å². The lowest BCUT2D eigenvalue weighted by atomic mass is 10.3. The molecule has 0 bridgehead atoms. The van der Waals surface area contributed by atoms with Crippen molar-refractivity contribution in [2.45, 2.75) is 17.9 Å². The minimum atomic E-state index is -0.851. The van der Waals surface area contributed by atoms with Crippen LogP contribution in [0.15, 0.2) is 23.1 Å². The first-order valence-corrected chi connectivity index (χ1v) is 4.84. The van der Waals surface area contributed by atoms with E-state index in [2.05, 4.69) is 0 Å². The summed E-state index contributed by atoms with van der Waals surface area (Å²) >= 11 is 1.29. The van der Waals surface area contributed by atoms with Gasteiger partial charge in [0.25, 0.3) is 0 Å². The Labute approximate surface area is 79.8 Å². The van der Waals surface area contributed by atoms with E-state index < -0.39 is 17.7 Å². The molecular formula is C9H10F2OS. The summed E-state index contributed by atoms with van der Waals surface area (Å²) in [5.41, 5.74) is 0. The van der Waals surface area contributed by atoms with Crippen LogP contribution in [0.1, 0.15) is 6.92 Å². The molecular weight excluding hydrogens is 194 g/mol. The molecule has 0 aliphatic rings. The van der Waals surface area contributed by atoms with Gasteiger partial charge in [0.2, 0.25) is 0 Å². The summed E-state index contributed by atoms with van der Waals surface area (Å²) in [6.07, 6.45) is -0.446. The highest BCUT2D eigenvalue weighted by Gasteiger charge is 2.03. The lowest BCUT2D eigenvalue weighted by Crippen LogP contribution is -2.02. The van der Waals surface area contributed by atoms with Crippen LogP contribution < -0.4 is 0 Å². The zero-order valence-electron chi connectivity index (χ0n) is 7.13. The molecule has 0 aromatic heterocycles. The molecule has 0 aliphatic carbocycles. The summed E-state index contributed by atoms with van der Waals surface area (Å²) in [7, 11) is 0. The molecule has 1 aromatic rings. The third kappa shape index (κ3) is 3.32. The zero-order valence-corrected chi connectivity index (χ0v) is 7.94. The molecule has 1 N–H and O–H groups in total. The van der Waals surface area contributed by atoms with Crippen molar-refractivity contribution < 1.29 is 13.9 Å². The van der Waals surface area contributed by atoms with E-state index in [-0.39, 0.29) is 0 Å². The van der Waals surface area contributed by atoms with Gasteiger partial charge >= 0.3 is 0 Å². The topological polar surface area (TPSA) is 20.2 Å². The molecule has 1 rings (SSSR count). The Balaban J connectivity index is 2.63. The molecule has 1 aromatic carbocycles. The Morgan fingerprint density at radius 1 is 1.38 bits per heavy atom. The summed E-state index contributed by atoms with van der Waals surface area (Å²) in [6.45, 7) is 1.65. The van der Waals surface area contributed by atoms with Crippen LogP contribution in [0.4, 0.5) is 8.78 Å². The van der Waals surface area contributed by atoms with Crippen molar-refractivity contribution in [2.75, 3.05) is 5.75 Å². The Morgan fingerprint density at radius 2 is 2.08 bits per heavy atom. The summed E-state index contributed by atoms with van der Waals surface area (Å²) in [5, 5.41) is 8.95. The highest BCUT2D eigenvalue weighted by atomic mass is 32.2. The first-order chi connectivity index (χ1) is 6.09. The average molecular weight is 204 g/mol. The van der Waals surface area contributed by atoms with E-state index in [1.54, 1.807) is 6.92 Å². The number of benzene rings is 1. The largest absolute Gasteiger partial charge is 0.393 e. The molecule has 0 radical (unpaired) electrons. The van der Waals surface area contributed by atoms with Crippen molar-refractivity contribution in [1.29, 1.82) is 0 Å². The minimum absolute atomic E-state index is 0.446. The molecule has 13 heavy (non-hydrogen) atoms. The molecule has 0 heterocycles. The van der Waals surface area contributed by atoms with Crippen molar-refractivity contribution in [1.82, 2.24) is 0 Å². The quantitative estimate of drug-likeness (QED) is 0.763. The van der Waals surface area contributed by atoms with E-state index >= 15 is 0 Å². The third-order valence-corrected chi connectivity index (χ3v) is 2.62. The zero-order chi connectivity index (χ0) is 9.84. The van der Waals surface area contributed by atoms with Gasteiger partial charge in [-0.2, -0.15) is 0 Å². The lowest BCUT2D eigenvalue weighted by Gasteiger charge is -2.03. The normalized spacial score (nSPS) is 12.9. The number of hydrogen-bond acceptors (Lipinski definition) is 2. The Morgan fingerprint density at radius 3 is 2.62 bits per heavy atom. The van der Waals surface area contributed by atoms with Crippen LogP contribution in [0.5, 0.6) is 0 Å². The van der Waals surface area contributed by atoms with Gasteiger partial charge in [0.15, 0.2) is 11.6 Å². The van der Waals surface area contributed by atoms with E-state index in [0.717, 1.165) is 12.1 Å². The fraction of sp³-hybridized carbons (Fsp3) is 0.333. The highest BCUT2D eigenvalue weighted by molar-refractivity contribution is 7.99. The molecule has 0 amide bonds. The fourth-order valence-corrected chi connectivity index (χ4v) is 1.57. The first kappa shape index (κ1) is 10.5.